The van der Waals surface area contributed by atoms with E-state index in [-0.39, 0.29) is 5.91 Å². The fourth-order valence-corrected chi connectivity index (χ4v) is 3.49. The van der Waals surface area contributed by atoms with Gasteiger partial charge in [-0.25, -0.2) is 0 Å². The van der Waals surface area contributed by atoms with E-state index in [0.29, 0.717) is 0 Å². The standard InChI is InChI=1S/C15H19BrN2O2/c1-20-15(5-7-17-8-6-15)14(19)18-9-4-11-2-3-12(16)10-13(11)18/h2-3,10,17H,4-9H2,1H3. The molecule has 1 aromatic carbocycles. The lowest BCUT2D eigenvalue weighted by atomic mass is 9.90. The van der Waals surface area contributed by atoms with Gasteiger partial charge in [-0.2, -0.15) is 0 Å². The molecular weight excluding hydrogens is 320 g/mol. The Labute approximate surface area is 127 Å². The van der Waals surface area contributed by atoms with Crippen LogP contribution in [0, 0.1) is 0 Å². The normalized spacial score (nSPS) is 20.8. The van der Waals surface area contributed by atoms with Crippen LogP contribution in [0.15, 0.2) is 22.7 Å². The Bertz CT molecular complexity index is 527. The first-order chi connectivity index (χ1) is 9.66. The first-order valence-corrected chi connectivity index (χ1v) is 7.82. The quantitative estimate of drug-likeness (QED) is 0.897. The molecule has 5 heteroatoms. The summed E-state index contributed by atoms with van der Waals surface area (Å²) in [5.74, 6) is 0.110. The lowest BCUT2D eigenvalue weighted by molar-refractivity contribution is -0.143. The molecule has 108 valence electrons. The first kappa shape index (κ1) is 14.0. The van der Waals surface area contributed by atoms with E-state index >= 15 is 0 Å². The maximum Gasteiger partial charge on any atom is 0.259 e. The van der Waals surface area contributed by atoms with Crippen LogP contribution in [0.4, 0.5) is 5.69 Å². The van der Waals surface area contributed by atoms with Crippen molar-refractivity contribution in [3.63, 3.8) is 0 Å². The van der Waals surface area contributed by atoms with Gasteiger partial charge in [0.15, 0.2) is 0 Å². The summed E-state index contributed by atoms with van der Waals surface area (Å²) < 4.78 is 6.66. The van der Waals surface area contributed by atoms with Gasteiger partial charge in [0.05, 0.1) is 0 Å². The van der Waals surface area contributed by atoms with E-state index in [4.69, 9.17) is 4.74 Å². The van der Waals surface area contributed by atoms with E-state index in [1.807, 2.05) is 17.0 Å². The molecule has 1 amide bonds. The summed E-state index contributed by atoms with van der Waals surface area (Å²) in [5.41, 5.74) is 1.61. The maximum atomic E-state index is 13.0. The van der Waals surface area contributed by atoms with E-state index in [1.54, 1.807) is 7.11 Å². The predicted octanol–water partition coefficient (Wildman–Crippen LogP) is 2.11. The highest BCUT2D eigenvalue weighted by Gasteiger charge is 2.44. The minimum atomic E-state index is -0.658. The fraction of sp³-hybridized carbons (Fsp3) is 0.533. The van der Waals surface area contributed by atoms with Crippen molar-refractivity contribution < 1.29 is 9.53 Å². The number of nitrogens with zero attached hydrogens (tertiary/aromatic N) is 1. The van der Waals surface area contributed by atoms with Crippen LogP contribution in [-0.2, 0) is 16.0 Å². The Kier molecular flexibility index (Phi) is 3.84. The molecule has 3 rings (SSSR count). The van der Waals surface area contributed by atoms with E-state index in [1.165, 1.54) is 5.56 Å². The minimum absolute atomic E-state index is 0.110. The zero-order valence-electron chi connectivity index (χ0n) is 11.6. The molecule has 0 bridgehead atoms. The zero-order chi connectivity index (χ0) is 14.2. The van der Waals surface area contributed by atoms with E-state index in [2.05, 4.69) is 27.3 Å². The molecule has 1 aromatic rings. The molecule has 0 saturated carbocycles. The third kappa shape index (κ3) is 2.28. The van der Waals surface area contributed by atoms with Gasteiger partial charge in [0, 0.05) is 23.8 Å². The van der Waals surface area contributed by atoms with Crippen molar-refractivity contribution in [3.8, 4) is 0 Å². The average molecular weight is 339 g/mol. The smallest absolute Gasteiger partial charge is 0.259 e. The topological polar surface area (TPSA) is 41.6 Å². The number of carbonyl (C=O) groups is 1. The Morgan fingerprint density at radius 3 is 2.85 bits per heavy atom. The number of rotatable bonds is 2. The van der Waals surface area contributed by atoms with Gasteiger partial charge in [-0.05, 0) is 50.0 Å². The second-order valence-corrected chi connectivity index (χ2v) is 6.34. The molecule has 1 N–H and O–H groups in total. The molecule has 0 aromatic heterocycles. The maximum absolute atomic E-state index is 13.0. The molecule has 2 aliphatic rings. The monoisotopic (exact) mass is 338 g/mol. The van der Waals surface area contributed by atoms with Crippen LogP contribution in [0.1, 0.15) is 18.4 Å². The number of nitrogens with one attached hydrogen (secondary N) is 1. The molecule has 0 aliphatic carbocycles. The molecule has 2 heterocycles. The summed E-state index contributed by atoms with van der Waals surface area (Å²) >= 11 is 3.49. The van der Waals surface area contributed by atoms with E-state index in [0.717, 1.165) is 49.1 Å². The van der Waals surface area contributed by atoms with E-state index < -0.39 is 5.60 Å². The van der Waals surface area contributed by atoms with Crippen LogP contribution in [-0.4, -0.2) is 38.3 Å². The number of piperidine rings is 1. The van der Waals surface area contributed by atoms with Crippen molar-refractivity contribution in [1.82, 2.24) is 5.32 Å². The van der Waals surface area contributed by atoms with Crippen molar-refractivity contribution in [3.05, 3.63) is 28.2 Å². The van der Waals surface area contributed by atoms with Crippen LogP contribution in [0.3, 0.4) is 0 Å². The second-order valence-electron chi connectivity index (χ2n) is 5.43. The van der Waals surface area contributed by atoms with Crippen LogP contribution >= 0.6 is 15.9 Å². The molecule has 20 heavy (non-hydrogen) atoms. The number of anilines is 1. The summed E-state index contributed by atoms with van der Waals surface area (Å²) in [7, 11) is 1.65. The van der Waals surface area contributed by atoms with Gasteiger partial charge in [0.25, 0.3) is 5.91 Å². The average Bonchev–Trinajstić information content (AvgIpc) is 2.90. The molecule has 0 unspecified atom stereocenters. The summed E-state index contributed by atoms with van der Waals surface area (Å²) in [6, 6.07) is 6.16. The Balaban J connectivity index is 1.90. The molecule has 2 aliphatic heterocycles. The van der Waals surface area contributed by atoms with Crippen LogP contribution < -0.4 is 10.2 Å². The van der Waals surface area contributed by atoms with Gasteiger partial charge < -0.3 is 15.0 Å². The fourth-order valence-electron chi connectivity index (χ4n) is 3.15. The number of methoxy groups -OCH3 is 1. The Morgan fingerprint density at radius 1 is 1.40 bits per heavy atom. The number of benzene rings is 1. The summed E-state index contributed by atoms with van der Waals surface area (Å²) in [5, 5.41) is 3.29. The van der Waals surface area contributed by atoms with E-state index in [9.17, 15) is 4.79 Å². The van der Waals surface area contributed by atoms with Crippen molar-refractivity contribution in [1.29, 1.82) is 0 Å². The highest BCUT2D eigenvalue weighted by Crippen LogP contribution is 2.35. The molecular formula is C15H19BrN2O2. The molecule has 4 nitrogen and oxygen atoms in total. The minimum Gasteiger partial charge on any atom is -0.368 e. The Hall–Kier alpha value is -0.910. The summed E-state index contributed by atoms with van der Waals surface area (Å²) in [6.45, 7) is 2.42. The van der Waals surface area contributed by atoms with Crippen LogP contribution in [0.2, 0.25) is 0 Å². The highest BCUT2D eigenvalue weighted by atomic mass is 79.9. The number of ether oxygens (including phenoxy) is 1. The number of carbonyl (C=O) groups excluding carboxylic acids is 1. The highest BCUT2D eigenvalue weighted by molar-refractivity contribution is 9.10. The summed E-state index contributed by atoms with van der Waals surface area (Å²) in [6.07, 6.45) is 2.40. The SMILES string of the molecule is COC1(C(=O)N2CCc3ccc(Br)cc32)CCNCC1. The van der Waals surface area contributed by atoms with Gasteiger partial charge in [0.2, 0.25) is 0 Å². The van der Waals surface area contributed by atoms with Crippen LogP contribution in [0.25, 0.3) is 0 Å². The van der Waals surface area contributed by atoms with Gasteiger partial charge in [-0.1, -0.05) is 22.0 Å². The lowest BCUT2D eigenvalue weighted by Gasteiger charge is -2.37. The van der Waals surface area contributed by atoms with Crippen molar-refractivity contribution in [2.24, 2.45) is 0 Å². The zero-order valence-corrected chi connectivity index (χ0v) is 13.2. The summed E-state index contributed by atoms with van der Waals surface area (Å²) in [4.78, 5) is 14.9. The molecule has 1 fully saturated rings. The van der Waals surface area contributed by atoms with Gasteiger partial charge in [-0.15, -0.1) is 0 Å². The number of hydrogen-bond acceptors (Lipinski definition) is 3. The molecule has 1 saturated heterocycles. The molecule has 0 radical (unpaired) electrons. The van der Waals surface area contributed by atoms with Gasteiger partial charge in [0.1, 0.15) is 5.60 Å². The number of hydrogen-bond donors (Lipinski definition) is 1. The molecule has 0 spiro atoms. The molecule has 0 atom stereocenters. The predicted molar refractivity (Wildman–Crippen MR) is 82.0 cm³/mol. The third-order valence-electron chi connectivity index (χ3n) is 4.38. The largest absolute Gasteiger partial charge is 0.368 e. The number of fused-ring (bicyclic) bond motifs is 1. The van der Waals surface area contributed by atoms with Crippen molar-refractivity contribution >= 4 is 27.5 Å². The van der Waals surface area contributed by atoms with Crippen molar-refractivity contribution in [2.45, 2.75) is 24.9 Å². The number of amides is 1. The Morgan fingerprint density at radius 2 is 2.15 bits per heavy atom. The third-order valence-corrected chi connectivity index (χ3v) is 4.87. The van der Waals surface area contributed by atoms with Gasteiger partial charge in [-0.3, -0.25) is 4.79 Å². The number of halogens is 1. The first-order valence-electron chi connectivity index (χ1n) is 7.02. The van der Waals surface area contributed by atoms with Crippen molar-refractivity contribution in [2.75, 3.05) is 31.6 Å². The lowest BCUT2D eigenvalue weighted by Crippen LogP contribution is -2.55. The van der Waals surface area contributed by atoms with Gasteiger partial charge >= 0.3 is 0 Å². The second kappa shape index (κ2) is 5.47. The van der Waals surface area contributed by atoms with Crippen LogP contribution in [0.5, 0.6) is 0 Å².